The number of nitrogens with one attached hydrogen (secondary N) is 1. The topological polar surface area (TPSA) is 91.0 Å². The zero-order chi connectivity index (χ0) is 17.0. The first kappa shape index (κ1) is 16.5. The Morgan fingerprint density at radius 2 is 2.09 bits per heavy atom. The Hall–Kier alpha value is -2.90. The van der Waals surface area contributed by atoms with Crippen molar-refractivity contribution in [2.24, 2.45) is 7.05 Å². The predicted octanol–water partition coefficient (Wildman–Crippen LogP) is 1.38. The van der Waals surface area contributed by atoms with Crippen LogP contribution < -0.4 is 5.32 Å². The third-order valence-electron chi connectivity index (χ3n) is 3.43. The van der Waals surface area contributed by atoms with Gasteiger partial charge in [-0.3, -0.25) is 14.2 Å². The first-order valence-corrected chi connectivity index (χ1v) is 7.09. The van der Waals surface area contributed by atoms with Gasteiger partial charge in [-0.05, 0) is 19.9 Å². The van der Waals surface area contributed by atoms with Crippen LogP contribution in [0.1, 0.15) is 28.7 Å². The van der Waals surface area contributed by atoms with Gasteiger partial charge in [0.15, 0.2) is 5.69 Å². The molecule has 2 heterocycles. The van der Waals surface area contributed by atoms with E-state index in [9.17, 15) is 9.59 Å². The van der Waals surface area contributed by atoms with Crippen LogP contribution in [-0.2, 0) is 23.1 Å². The third-order valence-corrected chi connectivity index (χ3v) is 3.43. The van der Waals surface area contributed by atoms with E-state index in [1.54, 1.807) is 19.3 Å². The molecule has 0 aliphatic rings. The Labute approximate surface area is 133 Å². The number of carbonyl (C=O) groups excluding carboxylic acids is 2. The minimum absolute atomic E-state index is 0.184. The molecule has 0 saturated heterocycles. The monoisotopic (exact) mass is 317 g/mol. The predicted molar refractivity (Wildman–Crippen MR) is 84.8 cm³/mol. The number of rotatable bonds is 5. The molecule has 2 rings (SSSR count). The molecule has 122 valence electrons. The summed E-state index contributed by atoms with van der Waals surface area (Å²) in [4.78, 5) is 23.7. The van der Waals surface area contributed by atoms with E-state index in [0.29, 0.717) is 5.69 Å². The van der Waals surface area contributed by atoms with Crippen molar-refractivity contribution in [2.75, 3.05) is 12.4 Å². The fourth-order valence-corrected chi connectivity index (χ4v) is 2.15. The average Bonchev–Trinajstić information content (AvgIpc) is 3.07. The molecule has 0 bridgehead atoms. The number of carbonyl (C=O) groups is 2. The van der Waals surface area contributed by atoms with Crippen LogP contribution in [0.4, 0.5) is 5.69 Å². The zero-order valence-corrected chi connectivity index (χ0v) is 13.5. The summed E-state index contributed by atoms with van der Waals surface area (Å²) < 4.78 is 7.87. The Morgan fingerprint density at radius 3 is 2.70 bits per heavy atom. The molecule has 1 N–H and O–H groups in total. The van der Waals surface area contributed by atoms with Gasteiger partial charge in [0.2, 0.25) is 5.91 Å². The van der Waals surface area contributed by atoms with E-state index >= 15 is 0 Å². The molecule has 1 amide bonds. The van der Waals surface area contributed by atoms with E-state index in [1.165, 1.54) is 24.1 Å². The number of ether oxygens (including phenoxy) is 1. The Morgan fingerprint density at radius 1 is 1.35 bits per heavy atom. The van der Waals surface area contributed by atoms with Crippen molar-refractivity contribution < 1.29 is 14.3 Å². The van der Waals surface area contributed by atoms with Gasteiger partial charge < -0.3 is 10.1 Å². The smallest absolute Gasteiger partial charge is 0.358 e. The molecule has 0 atom stereocenters. The van der Waals surface area contributed by atoms with Crippen LogP contribution in [-0.4, -0.2) is 38.5 Å². The van der Waals surface area contributed by atoms with Crippen LogP contribution in [0.3, 0.4) is 0 Å². The van der Waals surface area contributed by atoms with E-state index in [2.05, 4.69) is 20.3 Å². The highest BCUT2D eigenvalue weighted by atomic mass is 16.5. The maximum Gasteiger partial charge on any atom is 0.358 e. The molecule has 0 aromatic carbocycles. The van der Waals surface area contributed by atoms with E-state index < -0.39 is 5.97 Å². The molecule has 8 nitrogen and oxygen atoms in total. The molecule has 0 saturated carbocycles. The lowest BCUT2D eigenvalue weighted by Crippen LogP contribution is -2.14. The highest BCUT2D eigenvalue weighted by Gasteiger charge is 2.18. The molecule has 0 radical (unpaired) electrons. The minimum Gasteiger partial charge on any atom is -0.464 e. The van der Waals surface area contributed by atoms with Crippen molar-refractivity contribution in [3.8, 4) is 0 Å². The molecule has 0 spiro atoms. The molecule has 0 aliphatic carbocycles. The fourth-order valence-electron chi connectivity index (χ4n) is 2.15. The first-order chi connectivity index (χ1) is 11.0. The summed E-state index contributed by atoms with van der Waals surface area (Å²) in [6.45, 7) is 4.70. The summed E-state index contributed by atoms with van der Waals surface area (Å²) in [5.41, 5.74) is 2.33. The molecule has 8 heteroatoms. The van der Waals surface area contributed by atoms with E-state index in [0.717, 1.165) is 17.8 Å². The van der Waals surface area contributed by atoms with Gasteiger partial charge in [0.1, 0.15) is 0 Å². The van der Waals surface area contributed by atoms with Crippen molar-refractivity contribution in [3.63, 3.8) is 0 Å². The van der Waals surface area contributed by atoms with Crippen LogP contribution in [0, 0.1) is 6.92 Å². The lowest BCUT2D eigenvalue weighted by molar-refractivity contribution is -0.111. The molecule has 2 aromatic rings. The lowest BCUT2D eigenvalue weighted by Gasteiger charge is -2.04. The van der Waals surface area contributed by atoms with Gasteiger partial charge >= 0.3 is 5.97 Å². The summed E-state index contributed by atoms with van der Waals surface area (Å²) >= 11 is 0. The molecule has 23 heavy (non-hydrogen) atoms. The largest absolute Gasteiger partial charge is 0.464 e. The SMILES string of the molecule is CCn1ncc(/C=C/C(=O)Nc2cnn(C)c2C(=O)OC)c1C. The van der Waals surface area contributed by atoms with Gasteiger partial charge in [0, 0.05) is 30.9 Å². The van der Waals surface area contributed by atoms with Crippen molar-refractivity contribution >= 4 is 23.6 Å². The minimum atomic E-state index is -0.565. The third kappa shape index (κ3) is 3.47. The molecular weight excluding hydrogens is 298 g/mol. The van der Waals surface area contributed by atoms with Crippen LogP contribution >= 0.6 is 0 Å². The molecule has 0 unspecified atom stereocenters. The quantitative estimate of drug-likeness (QED) is 0.664. The Kier molecular flexibility index (Phi) is 4.95. The van der Waals surface area contributed by atoms with Crippen LogP contribution in [0.25, 0.3) is 6.08 Å². The van der Waals surface area contributed by atoms with Gasteiger partial charge in [-0.2, -0.15) is 10.2 Å². The van der Waals surface area contributed by atoms with Crippen molar-refractivity contribution in [3.05, 3.63) is 35.4 Å². The highest BCUT2D eigenvalue weighted by Crippen LogP contribution is 2.15. The number of esters is 1. The normalized spacial score (nSPS) is 11.0. The summed E-state index contributed by atoms with van der Waals surface area (Å²) in [6, 6.07) is 0. The van der Waals surface area contributed by atoms with Gasteiger partial charge in [0.05, 0.1) is 25.2 Å². The van der Waals surface area contributed by atoms with Gasteiger partial charge in [-0.1, -0.05) is 0 Å². The average molecular weight is 317 g/mol. The van der Waals surface area contributed by atoms with Gasteiger partial charge in [0.25, 0.3) is 0 Å². The number of aromatic nitrogens is 4. The number of aryl methyl sites for hydroxylation is 2. The van der Waals surface area contributed by atoms with Crippen molar-refractivity contribution in [1.82, 2.24) is 19.6 Å². The summed E-state index contributed by atoms with van der Waals surface area (Å²) in [5, 5.41) is 10.8. The molecule has 2 aromatic heterocycles. The lowest BCUT2D eigenvalue weighted by atomic mass is 10.2. The number of hydrogen-bond donors (Lipinski definition) is 1. The first-order valence-electron chi connectivity index (χ1n) is 7.09. The molecular formula is C15H19N5O3. The highest BCUT2D eigenvalue weighted by molar-refractivity contribution is 6.05. The Bertz CT molecular complexity index is 757. The number of methoxy groups -OCH3 is 1. The number of amides is 1. The van der Waals surface area contributed by atoms with Gasteiger partial charge in [-0.25, -0.2) is 4.79 Å². The van der Waals surface area contributed by atoms with Crippen LogP contribution in [0.2, 0.25) is 0 Å². The maximum absolute atomic E-state index is 12.0. The number of hydrogen-bond acceptors (Lipinski definition) is 5. The molecule has 0 aliphatic heterocycles. The van der Waals surface area contributed by atoms with E-state index in [4.69, 9.17) is 0 Å². The maximum atomic E-state index is 12.0. The zero-order valence-electron chi connectivity index (χ0n) is 13.5. The van der Waals surface area contributed by atoms with Crippen molar-refractivity contribution in [1.29, 1.82) is 0 Å². The standard InChI is InChI=1S/C15H19N5O3/c1-5-20-10(2)11(8-17-20)6-7-13(21)18-12-9-16-19(3)14(12)15(22)23-4/h6-9H,5H2,1-4H3,(H,18,21)/b7-6+. The second-order valence-corrected chi connectivity index (χ2v) is 4.85. The summed E-state index contributed by atoms with van der Waals surface area (Å²) in [7, 11) is 2.87. The Balaban J connectivity index is 2.12. The molecule has 0 fully saturated rings. The number of anilines is 1. The number of nitrogens with zero attached hydrogens (tertiary/aromatic N) is 4. The second-order valence-electron chi connectivity index (χ2n) is 4.85. The van der Waals surface area contributed by atoms with E-state index in [-0.39, 0.29) is 11.6 Å². The van der Waals surface area contributed by atoms with E-state index in [1.807, 2.05) is 18.5 Å². The fraction of sp³-hybridized carbons (Fsp3) is 0.333. The summed E-state index contributed by atoms with van der Waals surface area (Å²) in [5.74, 6) is -0.934. The van der Waals surface area contributed by atoms with Crippen LogP contribution in [0.5, 0.6) is 0 Å². The van der Waals surface area contributed by atoms with Gasteiger partial charge in [-0.15, -0.1) is 0 Å². The van der Waals surface area contributed by atoms with Crippen LogP contribution in [0.15, 0.2) is 18.5 Å². The summed E-state index contributed by atoms with van der Waals surface area (Å²) in [6.07, 6.45) is 6.17. The second kappa shape index (κ2) is 6.91. The van der Waals surface area contributed by atoms with Crippen molar-refractivity contribution in [2.45, 2.75) is 20.4 Å².